The van der Waals surface area contributed by atoms with Gasteiger partial charge < -0.3 is 0 Å². The summed E-state index contributed by atoms with van der Waals surface area (Å²) in [5.74, 6) is -2.55. The van der Waals surface area contributed by atoms with Crippen LogP contribution in [0.1, 0.15) is 34.8 Å². The zero-order valence-electron chi connectivity index (χ0n) is 14.2. The minimum absolute atomic E-state index is 0.00577. The molecule has 0 radical (unpaired) electrons. The second-order valence-electron chi connectivity index (χ2n) is 6.90. The molecule has 1 saturated heterocycles. The summed E-state index contributed by atoms with van der Waals surface area (Å²) in [5, 5.41) is -0.0914. The number of carbonyl (C=O) groups is 4. The predicted molar refractivity (Wildman–Crippen MR) is 100 cm³/mol. The molecule has 2 aromatic carbocycles. The topological polar surface area (TPSA) is 71.5 Å². The van der Waals surface area contributed by atoms with Gasteiger partial charge in [-0.25, -0.2) is 4.90 Å². The average molecular weight is 402 g/mol. The summed E-state index contributed by atoms with van der Waals surface area (Å²) in [6.45, 7) is 1.82. The number of amides is 2. The Bertz CT molecular complexity index is 1050. The highest BCUT2D eigenvalue weighted by molar-refractivity contribution is 6.56. The number of carbonyl (C=O) groups excluding carboxylic acids is 4. The lowest BCUT2D eigenvalue weighted by Crippen LogP contribution is -2.31. The van der Waals surface area contributed by atoms with Crippen molar-refractivity contribution in [3.8, 4) is 0 Å². The molecule has 1 aliphatic heterocycles. The maximum absolute atomic E-state index is 13.2. The number of hydrogen-bond donors (Lipinski definition) is 0. The molecular formula is C20H13Cl2NO4. The van der Waals surface area contributed by atoms with E-state index in [-0.39, 0.29) is 21.5 Å². The van der Waals surface area contributed by atoms with Crippen LogP contribution >= 0.6 is 23.2 Å². The zero-order valence-corrected chi connectivity index (χ0v) is 15.7. The third kappa shape index (κ3) is 2.46. The Hall–Kier alpha value is -2.50. The number of anilines is 1. The van der Waals surface area contributed by atoms with Gasteiger partial charge in [0.05, 0.1) is 27.6 Å². The van der Waals surface area contributed by atoms with Crippen LogP contribution in [0.25, 0.3) is 0 Å². The van der Waals surface area contributed by atoms with Gasteiger partial charge in [-0.15, -0.1) is 0 Å². The van der Waals surface area contributed by atoms with Crippen LogP contribution < -0.4 is 4.90 Å². The van der Waals surface area contributed by atoms with Gasteiger partial charge in [0.25, 0.3) is 0 Å². The smallest absolute Gasteiger partial charge is 0.293 e. The fraction of sp³-hybridized carbons (Fsp3) is 0.200. The summed E-state index contributed by atoms with van der Waals surface area (Å²) in [6, 6.07) is 10.8. The van der Waals surface area contributed by atoms with Crippen molar-refractivity contribution < 1.29 is 19.2 Å². The average Bonchev–Trinajstić information content (AvgIpc) is 3.05. The van der Waals surface area contributed by atoms with E-state index in [1.807, 2.05) is 37.3 Å². The highest BCUT2D eigenvalue weighted by atomic mass is 35.5. The van der Waals surface area contributed by atoms with Gasteiger partial charge in [-0.1, -0.05) is 53.5 Å². The third-order valence-electron chi connectivity index (χ3n) is 5.20. The van der Waals surface area contributed by atoms with Crippen LogP contribution in [0.4, 0.5) is 5.69 Å². The quantitative estimate of drug-likeness (QED) is 0.438. The van der Waals surface area contributed by atoms with E-state index in [9.17, 15) is 19.2 Å². The lowest BCUT2D eigenvalue weighted by molar-refractivity contribution is -0.133. The first-order chi connectivity index (χ1) is 12.8. The Morgan fingerprint density at radius 3 is 2.26 bits per heavy atom. The van der Waals surface area contributed by atoms with Crippen molar-refractivity contribution in [2.75, 3.05) is 4.90 Å². The maximum Gasteiger partial charge on any atom is 0.301 e. The number of Topliss-reactive ketones (excluding diaryl/α,β-unsaturated/α-hetero) is 2. The lowest BCUT2D eigenvalue weighted by atomic mass is 9.79. The van der Waals surface area contributed by atoms with E-state index >= 15 is 0 Å². The number of nitrogens with zero attached hydrogens (tertiary/aromatic N) is 1. The standard InChI is InChI=1S/C20H13Cl2NO4/c1-20(11-5-3-2-4-6-11)9-10-7-12(16(21)17(22)15(10)18(20)26)23-14(25)8-13(24)19(23)27/h2-7H,8-9H2,1H3. The summed E-state index contributed by atoms with van der Waals surface area (Å²) in [4.78, 5) is 49.7. The van der Waals surface area contributed by atoms with Crippen molar-refractivity contribution in [1.29, 1.82) is 0 Å². The maximum atomic E-state index is 13.2. The number of hydrogen-bond acceptors (Lipinski definition) is 4. The van der Waals surface area contributed by atoms with E-state index < -0.39 is 29.4 Å². The first-order valence-corrected chi connectivity index (χ1v) is 9.02. The van der Waals surface area contributed by atoms with Gasteiger partial charge in [0.1, 0.15) is 0 Å². The minimum Gasteiger partial charge on any atom is -0.293 e. The highest BCUT2D eigenvalue weighted by Crippen LogP contribution is 2.47. The first kappa shape index (κ1) is 17.9. The molecule has 0 bridgehead atoms. The largest absolute Gasteiger partial charge is 0.301 e. The van der Waals surface area contributed by atoms with E-state index in [1.165, 1.54) is 6.07 Å². The molecule has 1 heterocycles. The van der Waals surface area contributed by atoms with Crippen LogP contribution in [0.3, 0.4) is 0 Å². The van der Waals surface area contributed by atoms with E-state index in [4.69, 9.17) is 23.2 Å². The molecule has 5 nitrogen and oxygen atoms in total. The Balaban J connectivity index is 1.86. The minimum atomic E-state index is -0.937. The van der Waals surface area contributed by atoms with Gasteiger partial charge >= 0.3 is 5.91 Å². The Morgan fingerprint density at radius 2 is 1.67 bits per heavy atom. The lowest BCUT2D eigenvalue weighted by Gasteiger charge is -2.22. The molecule has 2 aromatic rings. The highest BCUT2D eigenvalue weighted by Gasteiger charge is 2.46. The summed E-state index contributed by atoms with van der Waals surface area (Å²) >= 11 is 12.7. The van der Waals surface area contributed by atoms with Crippen LogP contribution in [-0.4, -0.2) is 23.4 Å². The normalized spacial score (nSPS) is 22.0. The van der Waals surface area contributed by atoms with Crippen molar-refractivity contribution in [2.45, 2.75) is 25.2 Å². The third-order valence-corrected chi connectivity index (χ3v) is 6.05. The second kappa shape index (κ2) is 6.01. The van der Waals surface area contributed by atoms with Gasteiger partial charge in [-0.05, 0) is 30.5 Å². The fourth-order valence-electron chi connectivity index (χ4n) is 3.76. The number of rotatable bonds is 2. The summed E-state index contributed by atoms with van der Waals surface area (Å²) in [6.07, 6.45) is -0.149. The van der Waals surface area contributed by atoms with E-state index in [0.29, 0.717) is 17.5 Å². The molecule has 0 N–H and O–H groups in total. The van der Waals surface area contributed by atoms with Gasteiger partial charge in [-0.3, -0.25) is 19.2 Å². The van der Waals surface area contributed by atoms with Crippen molar-refractivity contribution >= 4 is 52.3 Å². The monoisotopic (exact) mass is 401 g/mol. The molecule has 7 heteroatoms. The summed E-state index contributed by atoms with van der Waals surface area (Å²) in [7, 11) is 0. The van der Waals surface area contributed by atoms with E-state index in [0.717, 1.165) is 10.5 Å². The number of imide groups is 1. The molecule has 4 rings (SSSR count). The predicted octanol–water partition coefficient (Wildman–Crippen LogP) is 3.52. The molecule has 136 valence electrons. The molecule has 1 fully saturated rings. The molecule has 0 aromatic heterocycles. The molecule has 2 amide bonds. The molecule has 2 aliphatic rings. The van der Waals surface area contributed by atoms with Crippen LogP contribution in [0.2, 0.25) is 10.0 Å². The van der Waals surface area contributed by atoms with Crippen LogP contribution in [0, 0.1) is 0 Å². The molecule has 1 unspecified atom stereocenters. The molecule has 0 spiro atoms. The molecule has 27 heavy (non-hydrogen) atoms. The number of benzene rings is 2. The second-order valence-corrected chi connectivity index (χ2v) is 7.65. The van der Waals surface area contributed by atoms with Crippen LogP contribution in [-0.2, 0) is 26.2 Å². The van der Waals surface area contributed by atoms with Gasteiger partial charge in [-0.2, -0.15) is 0 Å². The van der Waals surface area contributed by atoms with E-state index in [1.54, 1.807) is 0 Å². The number of halogens is 2. The Kier molecular flexibility index (Phi) is 3.98. The molecule has 0 saturated carbocycles. The van der Waals surface area contributed by atoms with Gasteiger partial charge in [0, 0.05) is 5.56 Å². The van der Waals surface area contributed by atoms with Crippen molar-refractivity contribution in [2.24, 2.45) is 0 Å². The van der Waals surface area contributed by atoms with Crippen molar-refractivity contribution in [3.05, 3.63) is 63.1 Å². The number of fused-ring (bicyclic) bond motifs is 1. The van der Waals surface area contributed by atoms with E-state index in [2.05, 4.69) is 0 Å². The zero-order chi connectivity index (χ0) is 19.5. The summed E-state index contributed by atoms with van der Waals surface area (Å²) in [5.41, 5.74) is 0.942. The van der Waals surface area contributed by atoms with Crippen LogP contribution in [0.15, 0.2) is 36.4 Å². The van der Waals surface area contributed by atoms with Crippen LogP contribution in [0.5, 0.6) is 0 Å². The fourth-order valence-corrected chi connectivity index (χ4v) is 4.30. The Labute approximate surface area is 164 Å². The number of ketones is 2. The van der Waals surface area contributed by atoms with Crippen molar-refractivity contribution in [3.63, 3.8) is 0 Å². The molecular weight excluding hydrogens is 389 g/mol. The SMILES string of the molecule is CC1(c2ccccc2)Cc2cc(N3C(=O)CC(=O)C3=O)c(Cl)c(Cl)c2C1=O. The molecule has 1 aliphatic carbocycles. The van der Waals surface area contributed by atoms with Gasteiger partial charge in [0.2, 0.25) is 11.7 Å². The summed E-state index contributed by atoms with van der Waals surface area (Å²) < 4.78 is 0. The van der Waals surface area contributed by atoms with Crippen molar-refractivity contribution in [1.82, 2.24) is 0 Å². The first-order valence-electron chi connectivity index (χ1n) is 8.27. The molecule has 1 atom stereocenters. The Morgan fingerprint density at radius 1 is 1.00 bits per heavy atom. The van der Waals surface area contributed by atoms with Gasteiger partial charge in [0.15, 0.2) is 5.78 Å².